The second-order valence-electron chi connectivity index (χ2n) is 7.68. The second-order valence-corrected chi connectivity index (χ2v) is 7.68. The first-order valence-corrected chi connectivity index (χ1v) is 10.8. The Bertz CT molecular complexity index is 1570. The van der Waals surface area contributed by atoms with Crippen LogP contribution in [0.15, 0.2) is 102 Å². The Balaban J connectivity index is 0.000000189. The summed E-state index contributed by atoms with van der Waals surface area (Å²) >= 11 is 0. The second kappa shape index (κ2) is 10.9. The first kappa shape index (κ1) is 24.0. The third kappa shape index (κ3) is 5.05. The zero-order chi connectivity index (χ0) is 23.3. The van der Waals surface area contributed by atoms with Crippen LogP contribution < -0.4 is 0 Å². The van der Waals surface area contributed by atoms with Crippen LogP contribution >= 0.6 is 0 Å². The minimum atomic E-state index is 0. The number of nitriles is 1. The van der Waals surface area contributed by atoms with E-state index in [2.05, 4.69) is 28.2 Å². The Morgan fingerprint density at radius 2 is 1.54 bits per heavy atom. The SMILES string of the molecule is Cc1cc2oc3c(-c4ccccn4)[c-]ccc3c2cc1C#N.[Ir].[c-]1ccccc1-c1ccccn1. The summed E-state index contributed by atoms with van der Waals surface area (Å²) in [5, 5.41) is 11.1. The van der Waals surface area contributed by atoms with Crippen LogP contribution in [0.2, 0.25) is 0 Å². The Morgan fingerprint density at radius 1 is 0.800 bits per heavy atom. The zero-order valence-electron chi connectivity index (χ0n) is 18.8. The third-order valence-corrected chi connectivity index (χ3v) is 5.47. The number of benzene rings is 3. The number of nitrogens with zero attached hydrogens (tertiary/aromatic N) is 3. The van der Waals surface area contributed by atoms with E-state index < -0.39 is 0 Å². The average Bonchev–Trinajstić information content (AvgIpc) is 3.27. The maximum absolute atomic E-state index is 9.22. The summed E-state index contributed by atoms with van der Waals surface area (Å²) in [6, 6.07) is 35.6. The number of aryl methyl sites for hydroxylation is 1. The Labute approximate surface area is 217 Å². The molecule has 6 rings (SSSR count). The normalized spacial score (nSPS) is 10.2. The molecule has 0 unspecified atom stereocenters. The molecule has 0 atom stereocenters. The topological polar surface area (TPSA) is 62.7 Å². The third-order valence-electron chi connectivity index (χ3n) is 5.47. The van der Waals surface area contributed by atoms with E-state index in [1.807, 2.05) is 91.9 Å². The number of furan rings is 1. The van der Waals surface area contributed by atoms with Gasteiger partial charge in [0.2, 0.25) is 0 Å². The van der Waals surface area contributed by atoms with Crippen molar-refractivity contribution >= 4 is 21.9 Å². The van der Waals surface area contributed by atoms with Gasteiger partial charge in [-0.15, -0.1) is 54.1 Å². The quantitative estimate of drug-likeness (QED) is 0.191. The van der Waals surface area contributed by atoms with Crippen molar-refractivity contribution in [2.45, 2.75) is 6.92 Å². The fourth-order valence-electron chi connectivity index (χ4n) is 3.78. The van der Waals surface area contributed by atoms with E-state index in [1.54, 1.807) is 12.4 Å². The summed E-state index contributed by atoms with van der Waals surface area (Å²) in [6.07, 6.45) is 3.54. The van der Waals surface area contributed by atoms with Crippen molar-refractivity contribution in [3.63, 3.8) is 0 Å². The van der Waals surface area contributed by atoms with Crippen LogP contribution in [0.3, 0.4) is 0 Å². The van der Waals surface area contributed by atoms with Crippen molar-refractivity contribution in [2.24, 2.45) is 0 Å². The smallest absolute Gasteiger partial charge is 0.121 e. The molecule has 0 saturated heterocycles. The van der Waals surface area contributed by atoms with Gasteiger partial charge >= 0.3 is 0 Å². The summed E-state index contributed by atoms with van der Waals surface area (Å²) in [5.41, 5.74) is 6.79. The molecule has 5 heteroatoms. The number of fused-ring (bicyclic) bond motifs is 3. The van der Waals surface area contributed by atoms with Crippen LogP contribution in [0.25, 0.3) is 44.5 Å². The summed E-state index contributed by atoms with van der Waals surface area (Å²) in [7, 11) is 0. The van der Waals surface area contributed by atoms with Crippen LogP contribution in [0.5, 0.6) is 0 Å². The van der Waals surface area contributed by atoms with E-state index in [-0.39, 0.29) is 20.1 Å². The first-order valence-electron chi connectivity index (χ1n) is 10.8. The molecular weight excluding hydrogens is 611 g/mol. The predicted octanol–water partition coefficient (Wildman–Crippen LogP) is 7.17. The summed E-state index contributed by atoms with van der Waals surface area (Å²) in [5.74, 6) is 0. The van der Waals surface area contributed by atoms with Crippen LogP contribution in [-0.2, 0) is 20.1 Å². The van der Waals surface area contributed by atoms with Gasteiger partial charge in [-0.3, -0.25) is 0 Å². The molecule has 0 aliphatic carbocycles. The fraction of sp³-hybridized carbons (Fsp3) is 0.0333. The van der Waals surface area contributed by atoms with Gasteiger partial charge in [-0.05, 0) is 48.1 Å². The van der Waals surface area contributed by atoms with E-state index in [9.17, 15) is 5.26 Å². The maximum atomic E-state index is 9.22. The molecule has 0 saturated carbocycles. The Hall–Kier alpha value is -4.10. The molecule has 6 aromatic rings. The Morgan fingerprint density at radius 3 is 2.20 bits per heavy atom. The minimum Gasteiger partial charge on any atom is -0.501 e. The number of aromatic nitrogens is 2. The molecule has 1 radical (unpaired) electrons. The minimum absolute atomic E-state index is 0. The molecule has 3 heterocycles. The number of rotatable bonds is 2. The van der Waals surface area contributed by atoms with Gasteiger partial charge in [0.05, 0.1) is 17.2 Å². The van der Waals surface area contributed by atoms with Crippen molar-refractivity contribution in [3.05, 3.63) is 121 Å². The van der Waals surface area contributed by atoms with Crippen LogP contribution in [0.1, 0.15) is 11.1 Å². The molecule has 0 fully saturated rings. The van der Waals surface area contributed by atoms with E-state index in [4.69, 9.17) is 4.42 Å². The van der Waals surface area contributed by atoms with E-state index in [0.717, 1.165) is 50.0 Å². The first-order chi connectivity index (χ1) is 16.7. The van der Waals surface area contributed by atoms with Gasteiger partial charge in [-0.1, -0.05) is 35.2 Å². The van der Waals surface area contributed by atoms with Gasteiger partial charge in [0, 0.05) is 37.9 Å². The van der Waals surface area contributed by atoms with Gasteiger partial charge in [0.15, 0.2) is 0 Å². The zero-order valence-corrected chi connectivity index (χ0v) is 21.2. The molecular formula is C30H19IrN3O-2. The fourth-order valence-corrected chi connectivity index (χ4v) is 3.78. The molecule has 0 aliphatic heterocycles. The molecule has 0 spiro atoms. The molecule has 3 aromatic heterocycles. The van der Waals surface area contributed by atoms with Crippen molar-refractivity contribution < 1.29 is 24.5 Å². The molecule has 0 aliphatic rings. The van der Waals surface area contributed by atoms with Gasteiger partial charge < -0.3 is 14.4 Å². The monoisotopic (exact) mass is 630 g/mol. The molecule has 0 bridgehead atoms. The molecule has 0 N–H and O–H groups in total. The van der Waals surface area contributed by atoms with Crippen molar-refractivity contribution in [3.8, 4) is 28.6 Å². The molecule has 0 amide bonds. The van der Waals surface area contributed by atoms with Crippen LogP contribution in [-0.4, -0.2) is 9.97 Å². The predicted molar refractivity (Wildman–Crippen MR) is 134 cm³/mol. The summed E-state index contributed by atoms with van der Waals surface area (Å²) < 4.78 is 6.04. The van der Waals surface area contributed by atoms with Crippen LogP contribution in [0.4, 0.5) is 0 Å². The van der Waals surface area contributed by atoms with Gasteiger partial charge in [-0.25, -0.2) is 0 Å². The Kier molecular flexibility index (Phi) is 7.47. The number of hydrogen-bond acceptors (Lipinski definition) is 4. The molecule has 171 valence electrons. The molecule has 3 aromatic carbocycles. The van der Waals surface area contributed by atoms with E-state index >= 15 is 0 Å². The van der Waals surface area contributed by atoms with Crippen LogP contribution in [0, 0.1) is 30.4 Å². The van der Waals surface area contributed by atoms with E-state index in [1.165, 1.54) is 0 Å². The number of hydrogen-bond donors (Lipinski definition) is 0. The largest absolute Gasteiger partial charge is 0.501 e. The molecule has 4 nitrogen and oxygen atoms in total. The van der Waals surface area contributed by atoms with Gasteiger partial charge in [0.25, 0.3) is 0 Å². The molecule has 35 heavy (non-hydrogen) atoms. The van der Waals surface area contributed by atoms with Crippen molar-refractivity contribution in [2.75, 3.05) is 0 Å². The van der Waals surface area contributed by atoms with Crippen molar-refractivity contribution in [1.29, 1.82) is 5.26 Å². The maximum Gasteiger partial charge on any atom is 0.121 e. The van der Waals surface area contributed by atoms with Gasteiger partial charge in [0.1, 0.15) is 5.58 Å². The number of pyridine rings is 2. The van der Waals surface area contributed by atoms with Gasteiger partial charge in [-0.2, -0.15) is 5.26 Å². The standard InChI is InChI=1S/C19H11N2O.C11H8N.Ir/c1-12-9-18-16(10-13(12)11-20)14-5-4-6-15(19(14)22-18)17-7-2-3-8-21-17;1-2-6-10(7-3-1)11-8-4-5-9-12-11;/h2-5,7-10H,1H3;1-6,8-9H;/q2*-1;. The average molecular weight is 630 g/mol. The summed E-state index contributed by atoms with van der Waals surface area (Å²) in [4.78, 5) is 8.59. The van der Waals surface area contributed by atoms with E-state index in [0.29, 0.717) is 5.56 Å². The van der Waals surface area contributed by atoms with Crippen molar-refractivity contribution in [1.82, 2.24) is 9.97 Å². The summed E-state index contributed by atoms with van der Waals surface area (Å²) in [6.45, 7) is 1.91.